The van der Waals surface area contributed by atoms with Gasteiger partial charge in [0.1, 0.15) is 6.23 Å². The number of epoxide rings is 1. The molecule has 4 rings (SSSR count). The average molecular weight is 302 g/mol. The minimum absolute atomic E-state index is 0.0805. The zero-order valence-electron chi connectivity index (χ0n) is 12.1. The van der Waals surface area contributed by atoms with Gasteiger partial charge in [-0.1, -0.05) is 6.07 Å². The van der Waals surface area contributed by atoms with Gasteiger partial charge in [-0.25, -0.2) is 0 Å². The minimum Gasteiger partial charge on any atom is -0.398 e. The maximum absolute atomic E-state index is 12.6. The number of fused-ring (bicyclic) bond motifs is 1. The van der Waals surface area contributed by atoms with Crippen molar-refractivity contribution < 1.29 is 14.3 Å². The van der Waals surface area contributed by atoms with Gasteiger partial charge >= 0.3 is 0 Å². The summed E-state index contributed by atoms with van der Waals surface area (Å²) in [7, 11) is 0. The highest BCUT2D eigenvalue weighted by Crippen LogP contribution is 2.33. The van der Waals surface area contributed by atoms with Crippen LogP contribution in [0.5, 0.6) is 0 Å². The fourth-order valence-corrected chi connectivity index (χ4v) is 3.50. The molecule has 2 unspecified atom stereocenters. The zero-order valence-corrected chi connectivity index (χ0v) is 12.1. The monoisotopic (exact) mass is 302 g/mol. The molecule has 0 aromatic heterocycles. The molecule has 0 spiro atoms. The van der Waals surface area contributed by atoms with Crippen LogP contribution >= 0.6 is 0 Å². The number of nitrogens with zero attached hydrogens (tertiary/aromatic N) is 2. The first kappa shape index (κ1) is 13.7. The zero-order chi connectivity index (χ0) is 15.4. The number of anilines is 1. The number of hydrogen-bond acceptors (Lipinski definition) is 6. The number of nitrogens with two attached hydrogens (primary N) is 2. The van der Waals surface area contributed by atoms with Gasteiger partial charge in [0.2, 0.25) is 0 Å². The molecule has 0 radical (unpaired) electrons. The largest absolute Gasteiger partial charge is 0.398 e. The number of rotatable bonds is 2. The second-order valence-corrected chi connectivity index (χ2v) is 6.03. The molecule has 3 aliphatic heterocycles. The van der Waals surface area contributed by atoms with Crippen LogP contribution in [-0.4, -0.2) is 53.2 Å². The number of ether oxygens (including phenoxy) is 1. The van der Waals surface area contributed by atoms with Crippen molar-refractivity contribution in [3.63, 3.8) is 0 Å². The van der Waals surface area contributed by atoms with E-state index in [0.29, 0.717) is 23.4 Å². The number of imide groups is 1. The van der Waals surface area contributed by atoms with Crippen LogP contribution < -0.4 is 11.5 Å². The smallest absolute Gasteiger partial charge is 0.263 e. The Bertz CT molecular complexity index is 662. The highest BCUT2D eigenvalue weighted by atomic mass is 16.6. The second kappa shape index (κ2) is 4.77. The van der Waals surface area contributed by atoms with Crippen molar-refractivity contribution >= 4 is 17.5 Å². The molecule has 116 valence electrons. The van der Waals surface area contributed by atoms with Crippen LogP contribution in [0, 0.1) is 0 Å². The van der Waals surface area contributed by atoms with Crippen molar-refractivity contribution in [1.29, 1.82) is 0 Å². The summed E-state index contributed by atoms with van der Waals surface area (Å²) in [6.45, 7) is 1.48. The first-order valence-electron chi connectivity index (χ1n) is 7.49. The van der Waals surface area contributed by atoms with E-state index in [9.17, 15) is 9.59 Å². The van der Waals surface area contributed by atoms with E-state index in [1.54, 1.807) is 18.2 Å². The molecule has 3 atom stereocenters. The molecule has 7 heteroatoms. The van der Waals surface area contributed by atoms with Crippen LogP contribution in [0.15, 0.2) is 18.2 Å². The SMILES string of the molecule is Nc1cccc2c1C(=O)N([C@H]1CCCN(C3OC3N)C1)C2=O. The quantitative estimate of drug-likeness (QED) is 0.451. The van der Waals surface area contributed by atoms with Gasteiger partial charge in [-0.2, -0.15) is 0 Å². The van der Waals surface area contributed by atoms with Crippen LogP contribution in [0.3, 0.4) is 0 Å². The predicted molar refractivity (Wildman–Crippen MR) is 78.8 cm³/mol. The molecule has 0 aliphatic carbocycles. The molecule has 3 heterocycles. The van der Waals surface area contributed by atoms with Gasteiger partial charge in [-0.3, -0.25) is 19.4 Å². The molecule has 0 saturated carbocycles. The van der Waals surface area contributed by atoms with Crippen LogP contribution in [0.25, 0.3) is 0 Å². The number of hydrogen-bond donors (Lipinski definition) is 2. The molecule has 22 heavy (non-hydrogen) atoms. The molecule has 4 N–H and O–H groups in total. The van der Waals surface area contributed by atoms with Crippen molar-refractivity contribution in [1.82, 2.24) is 9.80 Å². The first-order valence-corrected chi connectivity index (χ1v) is 7.49. The van der Waals surface area contributed by atoms with Crippen molar-refractivity contribution in [2.45, 2.75) is 31.3 Å². The van der Waals surface area contributed by atoms with E-state index < -0.39 is 0 Å². The summed E-state index contributed by atoms with van der Waals surface area (Å²) in [5, 5.41) is 0. The molecule has 0 bridgehead atoms. The fraction of sp³-hybridized carbons (Fsp3) is 0.467. The Morgan fingerprint density at radius 2 is 2.00 bits per heavy atom. The second-order valence-electron chi connectivity index (χ2n) is 6.03. The number of benzene rings is 1. The standard InChI is InChI=1S/C15H18N4O3/c16-10-5-1-4-9-11(10)14(21)19(13(9)20)8-3-2-6-18(7-8)15-12(17)22-15/h1,4-5,8,12,15H,2-3,6-7,16-17H2/t8-,12?,15?/m0/s1. The average Bonchev–Trinajstić information content (AvgIpc) is 3.18. The third kappa shape index (κ3) is 1.93. The van der Waals surface area contributed by atoms with Crippen molar-refractivity contribution in [2.24, 2.45) is 5.73 Å². The molecule has 1 aromatic carbocycles. The fourth-order valence-electron chi connectivity index (χ4n) is 3.50. The molecule has 2 saturated heterocycles. The van der Waals surface area contributed by atoms with E-state index in [2.05, 4.69) is 4.90 Å². The maximum Gasteiger partial charge on any atom is 0.263 e. The summed E-state index contributed by atoms with van der Waals surface area (Å²) in [5.74, 6) is -0.536. The summed E-state index contributed by atoms with van der Waals surface area (Å²) in [5.41, 5.74) is 12.7. The number of carbonyl (C=O) groups is 2. The van der Waals surface area contributed by atoms with Crippen LogP contribution in [0.2, 0.25) is 0 Å². The van der Waals surface area contributed by atoms with E-state index in [-0.39, 0.29) is 30.3 Å². The predicted octanol–water partition coefficient (Wildman–Crippen LogP) is -0.0297. The number of carbonyl (C=O) groups excluding carboxylic acids is 2. The van der Waals surface area contributed by atoms with Gasteiger partial charge in [0.15, 0.2) is 6.23 Å². The third-order valence-electron chi connectivity index (χ3n) is 4.63. The number of likely N-dealkylation sites (tertiary alicyclic amines) is 1. The Morgan fingerprint density at radius 1 is 1.23 bits per heavy atom. The summed E-state index contributed by atoms with van der Waals surface area (Å²) < 4.78 is 5.30. The van der Waals surface area contributed by atoms with Gasteiger partial charge in [-0.05, 0) is 25.0 Å². The normalized spacial score (nSPS) is 31.5. The number of piperidine rings is 1. The van der Waals surface area contributed by atoms with Crippen molar-refractivity contribution in [3.05, 3.63) is 29.3 Å². The number of amides is 2. The third-order valence-corrected chi connectivity index (χ3v) is 4.63. The Labute approximate surface area is 127 Å². The number of nitrogen functional groups attached to an aromatic ring is 1. The summed E-state index contributed by atoms with van der Waals surface area (Å²) in [4.78, 5) is 28.7. The Kier molecular flexibility index (Phi) is 2.97. The van der Waals surface area contributed by atoms with E-state index in [1.165, 1.54) is 4.90 Å². The molecular weight excluding hydrogens is 284 g/mol. The van der Waals surface area contributed by atoms with Crippen molar-refractivity contribution in [2.75, 3.05) is 18.8 Å². The van der Waals surface area contributed by atoms with Gasteiger partial charge in [0.25, 0.3) is 11.8 Å². The van der Waals surface area contributed by atoms with Crippen LogP contribution in [-0.2, 0) is 4.74 Å². The molecule has 2 amide bonds. The Morgan fingerprint density at radius 3 is 2.68 bits per heavy atom. The van der Waals surface area contributed by atoms with Crippen LogP contribution in [0.1, 0.15) is 33.6 Å². The molecule has 2 fully saturated rings. The van der Waals surface area contributed by atoms with E-state index in [0.717, 1.165) is 19.4 Å². The molecule has 7 nitrogen and oxygen atoms in total. The lowest BCUT2D eigenvalue weighted by atomic mass is 10.0. The van der Waals surface area contributed by atoms with Crippen LogP contribution in [0.4, 0.5) is 5.69 Å². The lowest BCUT2D eigenvalue weighted by Crippen LogP contribution is -2.51. The van der Waals surface area contributed by atoms with Crippen molar-refractivity contribution in [3.8, 4) is 0 Å². The van der Waals surface area contributed by atoms with E-state index in [4.69, 9.17) is 16.2 Å². The first-order chi connectivity index (χ1) is 10.6. The van der Waals surface area contributed by atoms with Gasteiger partial charge in [-0.15, -0.1) is 0 Å². The topological polar surface area (TPSA) is 105 Å². The summed E-state index contributed by atoms with van der Waals surface area (Å²) >= 11 is 0. The Hall–Kier alpha value is -1.96. The minimum atomic E-state index is -0.286. The lowest BCUT2D eigenvalue weighted by molar-refractivity contribution is 0.0424. The lowest BCUT2D eigenvalue weighted by Gasteiger charge is -2.35. The van der Waals surface area contributed by atoms with Gasteiger partial charge in [0, 0.05) is 18.8 Å². The van der Waals surface area contributed by atoms with E-state index >= 15 is 0 Å². The van der Waals surface area contributed by atoms with Gasteiger partial charge < -0.3 is 16.2 Å². The highest BCUT2D eigenvalue weighted by molar-refractivity contribution is 6.23. The van der Waals surface area contributed by atoms with Gasteiger partial charge in [0.05, 0.1) is 17.2 Å². The summed E-state index contributed by atoms with van der Waals surface area (Å²) in [6, 6.07) is 4.86. The maximum atomic E-state index is 12.6. The molecule has 3 aliphatic rings. The van der Waals surface area contributed by atoms with E-state index in [1.807, 2.05) is 0 Å². The Balaban J connectivity index is 1.60. The summed E-state index contributed by atoms with van der Waals surface area (Å²) in [6.07, 6.45) is 1.36. The highest BCUT2D eigenvalue weighted by Gasteiger charge is 2.46. The molecule has 1 aromatic rings. The molecular formula is C15H18N4O3.